The summed E-state index contributed by atoms with van der Waals surface area (Å²) in [5, 5.41) is 11.7. The molecule has 18 heavy (non-hydrogen) atoms. The van der Waals surface area contributed by atoms with E-state index < -0.39 is 0 Å². The molecule has 0 atom stereocenters. The number of nitrogens with zero attached hydrogens (tertiary/aromatic N) is 3. The topological polar surface area (TPSA) is 85.8 Å². The maximum absolute atomic E-state index is 11.6. The number of thioether (sulfide) groups is 1. The first-order chi connectivity index (χ1) is 8.58. The van der Waals surface area contributed by atoms with Gasteiger partial charge in [-0.25, -0.2) is 0 Å². The summed E-state index contributed by atoms with van der Waals surface area (Å²) in [5.74, 6) is 1.59. The molecule has 0 aliphatic rings. The fraction of sp³-hybridized carbons (Fsp3) is 0.727. The van der Waals surface area contributed by atoms with Gasteiger partial charge in [-0.3, -0.25) is 4.79 Å². The van der Waals surface area contributed by atoms with E-state index in [0.29, 0.717) is 24.8 Å². The Morgan fingerprint density at radius 1 is 1.50 bits per heavy atom. The molecular formula is C11H21N5OS. The molecule has 1 heterocycles. The average Bonchev–Trinajstić information content (AvgIpc) is 2.75. The van der Waals surface area contributed by atoms with Gasteiger partial charge < -0.3 is 15.6 Å². The first-order valence-electron chi connectivity index (χ1n) is 6.10. The zero-order chi connectivity index (χ0) is 13.5. The largest absolute Gasteiger partial charge is 0.355 e. The lowest BCUT2D eigenvalue weighted by molar-refractivity contribution is -0.118. The van der Waals surface area contributed by atoms with Crippen LogP contribution >= 0.6 is 11.8 Å². The van der Waals surface area contributed by atoms with Crippen LogP contribution < -0.4 is 11.1 Å². The van der Waals surface area contributed by atoms with Crippen molar-refractivity contribution < 1.29 is 4.79 Å². The SMILES string of the molecule is CCn1c(CN)nnc1SCC(=O)NCC(C)C. The van der Waals surface area contributed by atoms with E-state index in [-0.39, 0.29) is 5.91 Å². The minimum atomic E-state index is 0.0219. The van der Waals surface area contributed by atoms with Crippen molar-refractivity contribution in [1.82, 2.24) is 20.1 Å². The van der Waals surface area contributed by atoms with Crippen LogP contribution in [0.25, 0.3) is 0 Å². The van der Waals surface area contributed by atoms with Crippen molar-refractivity contribution in [2.75, 3.05) is 12.3 Å². The quantitative estimate of drug-likeness (QED) is 0.710. The van der Waals surface area contributed by atoms with E-state index in [4.69, 9.17) is 5.73 Å². The van der Waals surface area contributed by atoms with E-state index in [1.54, 1.807) is 0 Å². The van der Waals surface area contributed by atoms with Crippen LogP contribution in [0.15, 0.2) is 5.16 Å². The minimum Gasteiger partial charge on any atom is -0.355 e. The Labute approximate surface area is 112 Å². The predicted octanol–water partition coefficient (Wildman–Crippen LogP) is 0.621. The lowest BCUT2D eigenvalue weighted by Gasteiger charge is -2.08. The molecule has 102 valence electrons. The van der Waals surface area contributed by atoms with E-state index in [1.807, 2.05) is 11.5 Å². The molecule has 0 fully saturated rings. The van der Waals surface area contributed by atoms with Gasteiger partial charge in [0.05, 0.1) is 12.3 Å². The molecule has 7 heteroatoms. The number of carbonyl (C=O) groups is 1. The zero-order valence-corrected chi connectivity index (χ0v) is 12.0. The molecule has 1 aromatic rings. The first kappa shape index (κ1) is 15.0. The molecule has 1 amide bonds. The van der Waals surface area contributed by atoms with Gasteiger partial charge in [0.2, 0.25) is 5.91 Å². The number of nitrogens with two attached hydrogens (primary N) is 1. The highest BCUT2D eigenvalue weighted by Gasteiger charge is 2.11. The number of hydrogen-bond donors (Lipinski definition) is 2. The summed E-state index contributed by atoms with van der Waals surface area (Å²) in [6.45, 7) is 7.96. The van der Waals surface area contributed by atoms with E-state index in [1.165, 1.54) is 11.8 Å². The third kappa shape index (κ3) is 4.30. The van der Waals surface area contributed by atoms with Gasteiger partial charge in [-0.05, 0) is 12.8 Å². The minimum absolute atomic E-state index is 0.0219. The maximum atomic E-state index is 11.6. The number of nitrogens with one attached hydrogen (secondary N) is 1. The summed E-state index contributed by atoms with van der Waals surface area (Å²) >= 11 is 1.39. The highest BCUT2D eigenvalue weighted by atomic mass is 32.2. The zero-order valence-electron chi connectivity index (χ0n) is 11.1. The van der Waals surface area contributed by atoms with Crippen molar-refractivity contribution in [2.45, 2.75) is 39.0 Å². The molecule has 0 radical (unpaired) electrons. The summed E-state index contributed by atoms with van der Waals surface area (Å²) in [4.78, 5) is 11.6. The van der Waals surface area contributed by atoms with Crippen LogP contribution in [0.5, 0.6) is 0 Å². The molecule has 1 aromatic heterocycles. The van der Waals surface area contributed by atoms with Gasteiger partial charge >= 0.3 is 0 Å². The lowest BCUT2D eigenvalue weighted by atomic mass is 10.2. The molecule has 6 nitrogen and oxygen atoms in total. The van der Waals surface area contributed by atoms with Crippen LogP contribution in [0.1, 0.15) is 26.6 Å². The Morgan fingerprint density at radius 2 is 2.22 bits per heavy atom. The Morgan fingerprint density at radius 3 is 2.78 bits per heavy atom. The Bertz CT molecular complexity index is 391. The van der Waals surface area contributed by atoms with Gasteiger partial charge in [-0.1, -0.05) is 25.6 Å². The van der Waals surface area contributed by atoms with Gasteiger partial charge in [0.1, 0.15) is 5.82 Å². The monoisotopic (exact) mass is 271 g/mol. The van der Waals surface area contributed by atoms with Crippen LogP contribution in [-0.4, -0.2) is 33.0 Å². The molecule has 0 saturated carbocycles. The number of carbonyl (C=O) groups excluding carboxylic acids is 1. The van der Waals surface area contributed by atoms with Crippen molar-refractivity contribution in [1.29, 1.82) is 0 Å². The molecule has 0 aromatic carbocycles. The second-order valence-electron chi connectivity index (χ2n) is 4.33. The fourth-order valence-corrected chi connectivity index (χ4v) is 2.24. The third-order valence-electron chi connectivity index (χ3n) is 2.33. The predicted molar refractivity (Wildman–Crippen MR) is 72.2 cm³/mol. The lowest BCUT2D eigenvalue weighted by Crippen LogP contribution is -2.28. The van der Waals surface area contributed by atoms with E-state index in [2.05, 4.69) is 29.4 Å². The maximum Gasteiger partial charge on any atom is 0.230 e. The van der Waals surface area contributed by atoms with Crippen LogP contribution in [0.3, 0.4) is 0 Å². The van der Waals surface area contributed by atoms with Gasteiger partial charge in [0.15, 0.2) is 5.16 Å². The number of amides is 1. The van der Waals surface area contributed by atoms with Crippen LogP contribution in [-0.2, 0) is 17.9 Å². The Hall–Kier alpha value is -1.08. The smallest absolute Gasteiger partial charge is 0.230 e. The Balaban J connectivity index is 2.48. The molecule has 0 aliphatic heterocycles. The van der Waals surface area contributed by atoms with Crippen molar-refractivity contribution in [3.63, 3.8) is 0 Å². The molecular weight excluding hydrogens is 250 g/mol. The highest BCUT2D eigenvalue weighted by Crippen LogP contribution is 2.16. The average molecular weight is 271 g/mol. The van der Waals surface area contributed by atoms with Crippen LogP contribution in [0.4, 0.5) is 0 Å². The summed E-state index contributed by atoms with van der Waals surface area (Å²) in [7, 11) is 0. The second-order valence-corrected chi connectivity index (χ2v) is 5.28. The number of hydrogen-bond acceptors (Lipinski definition) is 5. The van der Waals surface area contributed by atoms with Crippen LogP contribution in [0.2, 0.25) is 0 Å². The number of rotatable bonds is 7. The molecule has 0 aliphatic carbocycles. The third-order valence-corrected chi connectivity index (χ3v) is 3.30. The summed E-state index contributed by atoms with van der Waals surface area (Å²) < 4.78 is 1.93. The Kier molecular flexibility index (Phi) is 6.14. The molecule has 0 saturated heterocycles. The van der Waals surface area contributed by atoms with Crippen molar-refractivity contribution in [3.05, 3.63) is 5.82 Å². The van der Waals surface area contributed by atoms with Gasteiger partial charge in [-0.2, -0.15) is 0 Å². The standard InChI is InChI=1S/C11H21N5OS/c1-4-16-9(5-12)14-15-11(16)18-7-10(17)13-6-8(2)3/h8H,4-7,12H2,1-3H3,(H,13,17). The van der Waals surface area contributed by atoms with Gasteiger partial charge in [0.25, 0.3) is 0 Å². The van der Waals surface area contributed by atoms with Crippen molar-refractivity contribution in [2.24, 2.45) is 11.7 Å². The molecule has 1 rings (SSSR count). The molecule has 0 spiro atoms. The number of aromatic nitrogens is 3. The second kappa shape index (κ2) is 7.38. The molecule has 0 unspecified atom stereocenters. The summed E-state index contributed by atoms with van der Waals surface area (Å²) in [5.41, 5.74) is 5.56. The van der Waals surface area contributed by atoms with Gasteiger partial charge in [0, 0.05) is 13.1 Å². The molecule has 0 bridgehead atoms. The van der Waals surface area contributed by atoms with E-state index in [0.717, 1.165) is 17.5 Å². The summed E-state index contributed by atoms with van der Waals surface area (Å²) in [6, 6.07) is 0. The van der Waals surface area contributed by atoms with Gasteiger partial charge in [-0.15, -0.1) is 10.2 Å². The van der Waals surface area contributed by atoms with E-state index >= 15 is 0 Å². The van der Waals surface area contributed by atoms with Crippen molar-refractivity contribution >= 4 is 17.7 Å². The first-order valence-corrected chi connectivity index (χ1v) is 7.08. The summed E-state index contributed by atoms with van der Waals surface area (Å²) in [6.07, 6.45) is 0. The van der Waals surface area contributed by atoms with Crippen LogP contribution in [0, 0.1) is 5.92 Å². The normalized spacial score (nSPS) is 10.9. The fourth-order valence-electron chi connectivity index (χ4n) is 1.39. The highest BCUT2D eigenvalue weighted by molar-refractivity contribution is 7.99. The molecule has 3 N–H and O–H groups in total. The van der Waals surface area contributed by atoms with E-state index in [9.17, 15) is 4.79 Å². The van der Waals surface area contributed by atoms with Crippen molar-refractivity contribution in [3.8, 4) is 0 Å².